The van der Waals surface area contributed by atoms with E-state index >= 15 is 0 Å². The molecule has 10 heteroatoms. The van der Waals surface area contributed by atoms with Crippen molar-refractivity contribution in [3.8, 4) is 5.75 Å². The third-order valence-electron chi connectivity index (χ3n) is 6.21. The van der Waals surface area contributed by atoms with Crippen LogP contribution in [-0.2, 0) is 24.3 Å². The molecule has 0 spiro atoms. The van der Waals surface area contributed by atoms with E-state index in [2.05, 4.69) is 5.32 Å². The highest BCUT2D eigenvalue weighted by Crippen LogP contribution is 2.29. The molecular formula is C28H30N2O7S. The fourth-order valence-corrected chi connectivity index (χ4v) is 5.54. The lowest BCUT2D eigenvalue weighted by molar-refractivity contribution is -0.125. The molecule has 200 valence electrons. The summed E-state index contributed by atoms with van der Waals surface area (Å²) in [5.41, 5.74) is 2.37. The Labute approximate surface area is 222 Å². The fourth-order valence-electron chi connectivity index (χ4n) is 4.11. The molecule has 0 saturated carbocycles. The van der Waals surface area contributed by atoms with Crippen LogP contribution in [0.2, 0.25) is 0 Å². The van der Waals surface area contributed by atoms with Crippen LogP contribution >= 0.6 is 0 Å². The molecule has 1 aliphatic heterocycles. The molecule has 1 fully saturated rings. The summed E-state index contributed by atoms with van der Waals surface area (Å²) in [5, 5.41) is 2.80. The first-order chi connectivity index (χ1) is 18.2. The maximum Gasteiger partial charge on any atom is 0.339 e. The van der Waals surface area contributed by atoms with Gasteiger partial charge in [-0.1, -0.05) is 42.5 Å². The number of anilines is 1. The summed E-state index contributed by atoms with van der Waals surface area (Å²) in [5.74, 6) is -0.941. The topological polar surface area (TPSA) is 111 Å². The number of sulfonamides is 1. The predicted molar refractivity (Wildman–Crippen MR) is 142 cm³/mol. The number of esters is 1. The number of hydrogen-bond donors (Lipinski definition) is 1. The van der Waals surface area contributed by atoms with E-state index in [-0.39, 0.29) is 23.5 Å². The Balaban J connectivity index is 1.63. The zero-order valence-corrected chi connectivity index (χ0v) is 22.3. The number of nitrogens with one attached hydrogen (secondary N) is 1. The number of amides is 1. The van der Waals surface area contributed by atoms with Gasteiger partial charge in [0.2, 0.25) is 16.1 Å². The average Bonchev–Trinajstić information content (AvgIpc) is 2.92. The van der Waals surface area contributed by atoms with Crippen LogP contribution in [0.5, 0.6) is 5.75 Å². The van der Waals surface area contributed by atoms with Gasteiger partial charge in [0.1, 0.15) is 5.75 Å². The summed E-state index contributed by atoms with van der Waals surface area (Å²) in [4.78, 5) is 26.8. The van der Waals surface area contributed by atoms with Crippen molar-refractivity contribution in [1.29, 1.82) is 0 Å². The van der Waals surface area contributed by atoms with Gasteiger partial charge in [0.15, 0.2) is 0 Å². The molecule has 1 saturated heterocycles. The first kappa shape index (κ1) is 27.3. The normalized spacial score (nSPS) is 14.9. The highest BCUT2D eigenvalue weighted by Gasteiger charge is 2.30. The molecule has 0 aromatic heterocycles. The number of ether oxygens (including phenoxy) is 3. The van der Waals surface area contributed by atoms with E-state index < -0.39 is 28.0 Å². The smallest absolute Gasteiger partial charge is 0.339 e. The van der Waals surface area contributed by atoms with Crippen molar-refractivity contribution in [2.45, 2.75) is 24.8 Å². The summed E-state index contributed by atoms with van der Waals surface area (Å²) in [7, 11) is -2.34. The van der Waals surface area contributed by atoms with Crippen molar-refractivity contribution in [3.05, 3.63) is 89.0 Å². The second kappa shape index (κ2) is 11.8. The third-order valence-corrected chi connectivity index (χ3v) is 8.11. The molecule has 38 heavy (non-hydrogen) atoms. The molecule has 1 aliphatic rings. The van der Waals surface area contributed by atoms with Crippen molar-refractivity contribution >= 4 is 27.6 Å². The van der Waals surface area contributed by atoms with Crippen molar-refractivity contribution in [2.75, 3.05) is 38.7 Å². The molecule has 1 heterocycles. The van der Waals surface area contributed by atoms with Gasteiger partial charge in [-0.25, -0.2) is 13.2 Å². The molecule has 1 N–H and O–H groups in total. The zero-order chi connectivity index (χ0) is 27.3. The van der Waals surface area contributed by atoms with Gasteiger partial charge in [0.05, 0.1) is 36.5 Å². The van der Waals surface area contributed by atoms with Crippen LogP contribution in [0.4, 0.5) is 5.69 Å². The number of nitrogens with zero attached hydrogens (tertiary/aromatic N) is 1. The van der Waals surface area contributed by atoms with Crippen molar-refractivity contribution < 1.29 is 32.2 Å². The van der Waals surface area contributed by atoms with E-state index in [0.717, 1.165) is 5.56 Å². The second-order valence-electron chi connectivity index (χ2n) is 8.88. The lowest BCUT2D eigenvalue weighted by Crippen LogP contribution is -2.40. The minimum absolute atomic E-state index is 0.0258. The largest absolute Gasteiger partial charge is 0.495 e. The van der Waals surface area contributed by atoms with Crippen LogP contribution in [0.15, 0.2) is 71.6 Å². The summed E-state index contributed by atoms with van der Waals surface area (Å²) in [6.45, 7) is 4.63. The lowest BCUT2D eigenvalue weighted by Gasteiger charge is -2.26. The van der Waals surface area contributed by atoms with Crippen molar-refractivity contribution in [2.24, 2.45) is 0 Å². The third kappa shape index (κ3) is 6.04. The van der Waals surface area contributed by atoms with E-state index in [4.69, 9.17) is 14.2 Å². The molecule has 9 nitrogen and oxygen atoms in total. The van der Waals surface area contributed by atoms with Gasteiger partial charge in [-0.2, -0.15) is 4.31 Å². The van der Waals surface area contributed by atoms with E-state index in [1.807, 2.05) is 13.0 Å². The Bertz CT molecular complexity index is 1420. The van der Waals surface area contributed by atoms with Gasteiger partial charge in [-0.3, -0.25) is 4.79 Å². The van der Waals surface area contributed by atoms with Crippen LogP contribution in [0.1, 0.15) is 33.2 Å². The number of carbonyl (C=O) groups excluding carboxylic acids is 2. The highest BCUT2D eigenvalue weighted by molar-refractivity contribution is 7.89. The summed E-state index contributed by atoms with van der Waals surface area (Å²) in [6.07, 6.45) is -1.30. The summed E-state index contributed by atoms with van der Waals surface area (Å²) < 4.78 is 44.0. The standard InChI is InChI=1S/C28H30N2O7S/c1-19-9-12-25(35-3)24(17-19)29-27(31)26(21-7-5-4-6-8-21)37-28(32)23-18-22(11-10-20(23)2)38(33,34)30-13-15-36-16-14-30/h4-12,17-18,26H,13-16H2,1-3H3,(H,29,31)/t26-/m0/s1. The minimum Gasteiger partial charge on any atom is -0.495 e. The maximum absolute atomic E-state index is 13.4. The first-order valence-corrected chi connectivity index (χ1v) is 13.5. The van der Waals surface area contributed by atoms with Gasteiger partial charge < -0.3 is 19.5 Å². The number of carbonyl (C=O) groups is 2. The molecule has 4 rings (SSSR count). The number of aryl methyl sites for hydroxylation is 2. The van der Waals surface area contributed by atoms with Crippen LogP contribution in [0.25, 0.3) is 0 Å². The molecule has 0 aliphatic carbocycles. The maximum atomic E-state index is 13.4. The monoisotopic (exact) mass is 538 g/mol. The summed E-state index contributed by atoms with van der Waals surface area (Å²) in [6, 6.07) is 18.3. The van der Waals surface area contributed by atoms with Gasteiger partial charge in [0, 0.05) is 18.7 Å². The van der Waals surface area contributed by atoms with Gasteiger partial charge in [0.25, 0.3) is 5.91 Å². The Morgan fingerprint density at radius 2 is 1.68 bits per heavy atom. The molecular weight excluding hydrogens is 508 g/mol. The molecule has 3 aromatic carbocycles. The Hall–Kier alpha value is -3.73. The highest BCUT2D eigenvalue weighted by atomic mass is 32.2. The lowest BCUT2D eigenvalue weighted by atomic mass is 10.1. The predicted octanol–water partition coefficient (Wildman–Crippen LogP) is 3.87. The first-order valence-electron chi connectivity index (χ1n) is 12.1. The number of benzene rings is 3. The molecule has 1 atom stereocenters. The Kier molecular flexibility index (Phi) is 8.45. The Morgan fingerprint density at radius 1 is 0.974 bits per heavy atom. The molecule has 3 aromatic rings. The van der Waals surface area contributed by atoms with Crippen molar-refractivity contribution in [3.63, 3.8) is 0 Å². The van der Waals surface area contributed by atoms with E-state index in [0.29, 0.717) is 35.8 Å². The minimum atomic E-state index is -3.83. The van der Waals surface area contributed by atoms with Gasteiger partial charge in [-0.05, 0) is 49.2 Å². The van der Waals surface area contributed by atoms with E-state index in [1.165, 1.54) is 23.5 Å². The molecule has 0 unspecified atom stereocenters. The summed E-state index contributed by atoms with van der Waals surface area (Å²) >= 11 is 0. The number of rotatable bonds is 8. The van der Waals surface area contributed by atoms with Crippen molar-refractivity contribution in [1.82, 2.24) is 4.31 Å². The van der Waals surface area contributed by atoms with E-state index in [1.54, 1.807) is 55.5 Å². The number of hydrogen-bond acceptors (Lipinski definition) is 7. The van der Waals surface area contributed by atoms with E-state index in [9.17, 15) is 18.0 Å². The number of methoxy groups -OCH3 is 1. The number of morpholine rings is 1. The SMILES string of the molecule is COc1ccc(C)cc1NC(=O)[C@@H](OC(=O)c1cc(S(=O)(=O)N2CCOCC2)ccc1C)c1ccccc1. The van der Waals surface area contributed by atoms with Gasteiger partial charge >= 0.3 is 5.97 Å². The second-order valence-corrected chi connectivity index (χ2v) is 10.8. The van der Waals surface area contributed by atoms with Gasteiger partial charge in [-0.15, -0.1) is 0 Å². The Morgan fingerprint density at radius 3 is 2.37 bits per heavy atom. The molecule has 0 bridgehead atoms. The molecule has 0 radical (unpaired) electrons. The van der Waals surface area contributed by atoms with Crippen LogP contribution in [0, 0.1) is 13.8 Å². The average molecular weight is 539 g/mol. The van der Waals surface area contributed by atoms with Crippen LogP contribution < -0.4 is 10.1 Å². The fraction of sp³-hybridized carbons (Fsp3) is 0.286. The van der Waals surface area contributed by atoms with Crippen LogP contribution in [-0.4, -0.2) is 58.0 Å². The zero-order valence-electron chi connectivity index (χ0n) is 21.5. The quantitative estimate of drug-likeness (QED) is 0.434. The van der Waals surface area contributed by atoms with Crippen LogP contribution in [0.3, 0.4) is 0 Å². The molecule has 1 amide bonds.